The maximum Gasteiger partial charge on any atom is 0.299 e. The Morgan fingerprint density at radius 3 is 2.79 bits per heavy atom. The van der Waals surface area contributed by atoms with Crippen LogP contribution in [0.1, 0.15) is 41.8 Å². The van der Waals surface area contributed by atoms with Gasteiger partial charge in [0.25, 0.3) is 6.43 Å². The molecule has 0 radical (unpaired) electrons. The minimum absolute atomic E-state index is 0.0234. The molecule has 3 rings (SSSR count). The average Bonchev–Trinajstić information content (AvgIpc) is 3.62. The largest absolute Gasteiger partial charge is 0.379 e. The van der Waals surface area contributed by atoms with Crippen LogP contribution in [0.5, 0.6) is 0 Å². The summed E-state index contributed by atoms with van der Waals surface area (Å²) in [6, 6.07) is 1.31. The minimum atomic E-state index is -2.81. The number of rotatable bonds is 8. The van der Waals surface area contributed by atoms with Crippen LogP contribution in [0.15, 0.2) is 25.3 Å². The van der Waals surface area contributed by atoms with Gasteiger partial charge in [0, 0.05) is 42.4 Å². The summed E-state index contributed by atoms with van der Waals surface area (Å²) in [5.41, 5.74) is 2.04. The van der Waals surface area contributed by atoms with E-state index >= 15 is 0 Å². The number of pyridine rings is 1. The first-order chi connectivity index (χ1) is 15.8. The molecule has 33 heavy (non-hydrogen) atoms. The zero-order chi connectivity index (χ0) is 24.0. The van der Waals surface area contributed by atoms with Crippen LogP contribution in [-0.2, 0) is 4.79 Å². The number of nitrogens with zero attached hydrogens (tertiary/aromatic N) is 2. The summed E-state index contributed by atoms with van der Waals surface area (Å²) < 4.78 is 40.0. The number of nitrogens with one attached hydrogen (secondary N) is 2. The second kappa shape index (κ2) is 11.2. The Kier molecular flexibility index (Phi) is 8.34. The Balaban J connectivity index is 1.84. The van der Waals surface area contributed by atoms with Crippen molar-refractivity contribution in [1.82, 2.24) is 20.5 Å². The monoisotopic (exact) mass is 458 g/mol. The lowest BCUT2D eigenvalue weighted by atomic mass is 9.99. The molecule has 2 fully saturated rings. The molecule has 8 heteroatoms. The van der Waals surface area contributed by atoms with E-state index in [-0.39, 0.29) is 17.5 Å². The van der Waals surface area contributed by atoms with Crippen LogP contribution in [0.4, 0.5) is 13.2 Å². The van der Waals surface area contributed by atoms with Gasteiger partial charge in [0.1, 0.15) is 11.9 Å². The van der Waals surface area contributed by atoms with Crippen molar-refractivity contribution in [2.75, 3.05) is 26.7 Å². The van der Waals surface area contributed by atoms with E-state index in [2.05, 4.69) is 34.7 Å². The highest BCUT2D eigenvalue weighted by Gasteiger charge is 2.29. The van der Waals surface area contributed by atoms with Gasteiger partial charge in [-0.2, -0.15) is 8.78 Å². The van der Waals surface area contributed by atoms with Gasteiger partial charge < -0.3 is 15.5 Å². The van der Waals surface area contributed by atoms with Crippen LogP contribution in [-0.4, -0.2) is 61.1 Å². The normalized spacial score (nSPS) is 20.9. The number of hydrogen-bond acceptors (Lipinski definition) is 4. The molecule has 176 valence electrons. The fourth-order valence-corrected chi connectivity index (χ4v) is 3.68. The van der Waals surface area contributed by atoms with E-state index < -0.39 is 18.6 Å². The molecule has 5 nitrogen and oxygen atoms in total. The molecule has 1 aliphatic heterocycles. The summed E-state index contributed by atoms with van der Waals surface area (Å²) in [5.74, 6) is 4.38. The molecule has 1 aromatic heterocycles. The summed E-state index contributed by atoms with van der Waals surface area (Å²) in [7, 11) is 1.87. The van der Waals surface area contributed by atoms with Gasteiger partial charge in [-0.25, -0.2) is 9.37 Å². The molecule has 0 spiro atoms. The van der Waals surface area contributed by atoms with Gasteiger partial charge in [0.15, 0.2) is 0 Å². The average molecular weight is 459 g/mol. The molecular formula is C25H29F3N4O. The first-order valence-electron chi connectivity index (χ1n) is 11.0. The highest BCUT2D eigenvalue weighted by atomic mass is 19.3. The van der Waals surface area contributed by atoms with Gasteiger partial charge in [-0.05, 0) is 50.3 Å². The van der Waals surface area contributed by atoms with Crippen LogP contribution < -0.4 is 10.6 Å². The molecule has 2 atom stereocenters. The van der Waals surface area contributed by atoms with Crippen molar-refractivity contribution < 1.29 is 18.0 Å². The highest BCUT2D eigenvalue weighted by molar-refractivity contribution is 5.81. The van der Waals surface area contributed by atoms with Crippen LogP contribution in [0.2, 0.25) is 0 Å². The second-order valence-corrected chi connectivity index (χ2v) is 8.35. The van der Waals surface area contributed by atoms with E-state index in [0.29, 0.717) is 42.0 Å². The third-order valence-corrected chi connectivity index (χ3v) is 5.64. The number of amides is 1. The lowest BCUT2D eigenvalue weighted by molar-refractivity contribution is -0.122. The fraction of sp³-hybridized carbons (Fsp3) is 0.440. The Morgan fingerprint density at radius 2 is 2.15 bits per heavy atom. The lowest BCUT2D eigenvalue weighted by Gasteiger charge is -2.34. The number of carbonyl (C=O) groups is 1. The number of halogens is 3. The van der Waals surface area contributed by atoms with Crippen molar-refractivity contribution in [1.29, 1.82) is 0 Å². The van der Waals surface area contributed by atoms with Crippen molar-refractivity contribution >= 4 is 23.8 Å². The van der Waals surface area contributed by atoms with Gasteiger partial charge in [0.2, 0.25) is 5.91 Å². The maximum absolute atomic E-state index is 14.5. The Hall–Kier alpha value is -3.05. The molecule has 0 aromatic carbocycles. The molecule has 2 aliphatic rings. The van der Waals surface area contributed by atoms with E-state index in [1.54, 1.807) is 18.2 Å². The number of piperidine rings is 1. The Bertz CT molecular complexity index is 991. The van der Waals surface area contributed by atoms with Gasteiger partial charge in [-0.1, -0.05) is 25.3 Å². The number of hydrogen-bond donors (Lipinski definition) is 2. The predicted octanol–water partition coefficient (Wildman–Crippen LogP) is 3.48. The fourth-order valence-electron chi connectivity index (χ4n) is 3.68. The van der Waals surface area contributed by atoms with E-state index in [1.807, 2.05) is 17.9 Å². The maximum atomic E-state index is 14.5. The zero-order valence-electron chi connectivity index (χ0n) is 18.7. The predicted molar refractivity (Wildman–Crippen MR) is 125 cm³/mol. The molecule has 2 N–H and O–H groups in total. The van der Waals surface area contributed by atoms with Crippen LogP contribution in [0, 0.1) is 17.8 Å². The number of alkyl halides is 3. The van der Waals surface area contributed by atoms with Crippen LogP contribution in [0.25, 0.3) is 17.8 Å². The molecule has 1 saturated carbocycles. The van der Waals surface area contributed by atoms with Crippen LogP contribution in [0.3, 0.4) is 0 Å². The third kappa shape index (κ3) is 6.96. The zero-order valence-corrected chi connectivity index (χ0v) is 18.7. The summed E-state index contributed by atoms with van der Waals surface area (Å²) in [4.78, 5) is 18.1. The van der Waals surface area contributed by atoms with Crippen molar-refractivity contribution in [2.45, 2.75) is 37.9 Å². The number of aromatic nitrogens is 1. The van der Waals surface area contributed by atoms with E-state index in [1.165, 1.54) is 6.08 Å². The second-order valence-electron chi connectivity index (χ2n) is 8.35. The van der Waals surface area contributed by atoms with Gasteiger partial charge in [-0.15, -0.1) is 0 Å². The molecule has 1 aromatic rings. The third-order valence-electron chi connectivity index (χ3n) is 5.64. The summed E-state index contributed by atoms with van der Waals surface area (Å²) in [5, 5.41) is 5.97. The molecule has 1 saturated heterocycles. The lowest BCUT2D eigenvalue weighted by Crippen LogP contribution is -2.48. The summed E-state index contributed by atoms with van der Waals surface area (Å²) in [6.45, 7) is 9.23. The van der Waals surface area contributed by atoms with Crippen LogP contribution >= 0.6 is 0 Å². The molecule has 2 heterocycles. The van der Waals surface area contributed by atoms with Crippen molar-refractivity contribution in [3.8, 4) is 11.8 Å². The molecule has 1 aliphatic carbocycles. The Labute approximate surface area is 192 Å². The van der Waals surface area contributed by atoms with Gasteiger partial charge in [0.05, 0.1) is 11.7 Å². The van der Waals surface area contributed by atoms with Crippen molar-refractivity contribution in [2.24, 2.45) is 5.92 Å². The smallest absolute Gasteiger partial charge is 0.299 e. The van der Waals surface area contributed by atoms with E-state index in [9.17, 15) is 18.0 Å². The topological polar surface area (TPSA) is 57.3 Å². The highest BCUT2D eigenvalue weighted by Crippen LogP contribution is 2.28. The number of carbonyl (C=O) groups excluding carboxylic acids is 1. The summed E-state index contributed by atoms with van der Waals surface area (Å²) in [6.07, 6.45) is 3.46. The van der Waals surface area contributed by atoms with Crippen molar-refractivity contribution in [3.05, 3.63) is 47.8 Å². The quantitative estimate of drug-likeness (QED) is 0.586. The van der Waals surface area contributed by atoms with E-state index in [4.69, 9.17) is 0 Å². The minimum Gasteiger partial charge on any atom is -0.379 e. The Morgan fingerprint density at radius 1 is 1.39 bits per heavy atom. The number of likely N-dealkylation sites (tertiary alicyclic amines) is 1. The molecule has 0 bridgehead atoms. The molecule has 2 unspecified atom stereocenters. The standard InChI is InChI=1S/C25H29F3N4O/c1-4-19-20(16(2)30-23-11-13-32(3)15-21(23)26)14-18(31-22(19)9-10-24(27)28)6-5-12-29-25(33)17-7-8-17/h4-6,14,17,21,23-24,30H,1-2,7-8,11-13,15H2,3H3,(H,29,33)/b6-5+. The van der Waals surface area contributed by atoms with E-state index in [0.717, 1.165) is 19.4 Å². The molecule has 1 amide bonds. The van der Waals surface area contributed by atoms with Gasteiger partial charge in [-0.3, -0.25) is 4.79 Å². The van der Waals surface area contributed by atoms with Gasteiger partial charge >= 0.3 is 0 Å². The van der Waals surface area contributed by atoms with Crippen molar-refractivity contribution in [3.63, 3.8) is 0 Å². The molecular weight excluding hydrogens is 429 g/mol. The first kappa shape index (κ1) is 24.6. The SMILES string of the molecule is C=Cc1c(C(=C)NC2CCN(C)CC2F)cc(/C=C/CNC(=O)C2CC2)nc1C#CC(F)F. The first-order valence-corrected chi connectivity index (χ1v) is 11.0. The summed E-state index contributed by atoms with van der Waals surface area (Å²) >= 11 is 0.